The second kappa shape index (κ2) is 8.73. The Labute approximate surface area is 188 Å². The first-order valence-electron chi connectivity index (χ1n) is 11.0. The standard InChI is InChI=1S/C25H30N2O5/c1-25(2,3)32-24(30)27-11-10-21(16-4-7-19(28)8-5-16)18(14-27)15-31-20-9-6-17-13-26-23(29)22(17)12-20/h4-9,12,18,21,28H,10-11,13-15H2,1-3H3,(H,26,29)/t18-,21-/m0/s1. The van der Waals surface area contributed by atoms with Gasteiger partial charge in [0.05, 0.1) is 6.61 Å². The van der Waals surface area contributed by atoms with Crippen LogP contribution in [0.15, 0.2) is 42.5 Å². The third-order valence-corrected chi connectivity index (χ3v) is 5.94. The van der Waals surface area contributed by atoms with Crippen molar-refractivity contribution in [3.05, 3.63) is 59.2 Å². The first-order chi connectivity index (χ1) is 15.2. The molecule has 170 valence electrons. The van der Waals surface area contributed by atoms with Crippen LogP contribution in [0.5, 0.6) is 11.5 Å². The molecule has 2 N–H and O–H groups in total. The molecule has 0 unspecified atom stereocenters. The fraction of sp³-hybridized carbons (Fsp3) is 0.440. The van der Waals surface area contributed by atoms with E-state index in [0.29, 0.717) is 37.6 Å². The monoisotopic (exact) mass is 438 g/mol. The average Bonchev–Trinajstić information content (AvgIpc) is 3.12. The van der Waals surface area contributed by atoms with Crippen molar-refractivity contribution in [3.8, 4) is 11.5 Å². The first-order valence-corrected chi connectivity index (χ1v) is 11.0. The highest BCUT2D eigenvalue weighted by Crippen LogP contribution is 2.35. The smallest absolute Gasteiger partial charge is 0.410 e. The van der Waals surface area contributed by atoms with E-state index in [4.69, 9.17) is 9.47 Å². The zero-order valence-electron chi connectivity index (χ0n) is 18.8. The Morgan fingerprint density at radius 2 is 1.94 bits per heavy atom. The van der Waals surface area contributed by atoms with E-state index in [1.807, 2.05) is 45.0 Å². The van der Waals surface area contributed by atoms with E-state index in [1.54, 1.807) is 23.1 Å². The number of phenolic OH excluding ortho intramolecular Hbond substituents is 1. The molecule has 0 aromatic heterocycles. The molecule has 0 saturated carbocycles. The Hall–Kier alpha value is -3.22. The number of benzene rings is 2. The number of phenols is 1. The van der Waals surface area contributed by atoms with Crippen LogP contribution in [0.2, 0.25) is 0 Å². The highest BCUT2D eigenvalue weighted by molar-refractivity contribution is 5.98. The maximum absolute atomic E-state index is 12.7. The molecule has 0 bridgehead atoms. The number of aromatic hydroxyl groups is 1. The number of rotatable bonds is 4. The van der Waals surface area contributed by atoms with Crippen LogP contribution in [0.4, 0.5) is 4.79 Å². The van der Waals surface area contributed by atoms with E-state index < -0.39 is 5.60 Å². The Bertz CT molecular complexity index is 996. The van der Waals surface area contributed by atoms with Gasteiger partial charge >= 0.3 is 6.09 Å². The molecule has 2 atom stereocenters. The molecule has 4 rings (SSSR count). The summed E-state index contributed by atoms with van der Waals surface area (Å²) in [7, 11) is 0. The number of fused-ring (bicyclic) bond motifs is 1. The van der Waals surface area contributed by atoms with E-state index >= 15 is 0 Å². The fourth-order valence-electron chi connectivity index (χ4n) is 4.34. The number of nitrogens with one attached hydrogen (secondary N) is 1. The molecule has 0 aliphatic carbocycles. The number of hydrogen-bond donors (Lipinski definition) is 2. The summed E-state index contributed by atoms with van der Waals surface area (Å²) in [6, 6.07) is 12.8. The molecule has 2 amide bonds. The second-order valence-electron chi connectivity index (χ2n) is 9.49. The Morgan fingerprint density at radius 3 is 2.66 bits per heavy atom. The van der Waals surface area contributed by atoms with Gasteiger partial charge < -0.3 is 24.8 Å². The van der Waals surface area contributed by atoms with E-state index in [1.165, 1.54) is 0 Å². The number of nitrogens with zero attached hydrogens (tertiary/aromatic N) is 1. The minimum Gasteiger partial charge on any atom is -0.508 e. The summed E-state index contributed by atoms with van der Waals surface area (Å²) in [5, 5.41) is 12.5. The molecule has 0 spiro atoms. The molecular formula is C25H30N2O5. The third kappa shape index (κ3) is 4.98. The zero-order valence-corrected chi connectivity index (χ0v) is 18.8. The van der Waals surface area contributed by atoms with E-state index in [2.05, 4.69) is 5.32 Å². The fourth-order valence-corrected chi connectivity index (χ4v) is 4.34. The molecule has 2 aromatic carbocycles. The van der Waals surface area contributed by atoms with Gasteiger partial charge in [-0.1, -0.05) is 18.2 Å². The minimum atomic E-state index is -0.554. The quantitative estimate of drug-likeness (QED) is 0.752. The molecule has 2 aromatic rings. The lowest BCUT2D eigenvalue weighted by molar-refractivity contribution is 0.0111. The first kappa shape index (κ1) is 22.0. The van der Waals surface area contributed by atoms with Gasteiger partial charge in [0.15, 0.2) is 0 Å². The van der Waals surface area contributed by atoms with Crippen LogP contribution in [0.25, 0.3) is 0 Å². The molecular weight excluding hydrogens is 408 g/mol. The van der Waals surface area contributed by atoms with Crippen LogP contribution in [0.1, 0.15) is 54.6 Å². The van der Waals surface area contributed by atoms with Gasteiger partial charge in [-0.05, 0) is 68.5 Å². The van der Waals surface area contributed by atoms with E-state index in [-0.39, 0.29) is 29.6 Å². The van der Waals surface area contributed by atoms with Crippen molar-refractivity contribution in [1.82, 2.24) is 10.2 Å². The van der Waals surface area contributed by atoms with Crippen molar-refractivity contribution >= 4 is 12.0 Å². The topological polar surface area (TPSA) is 88.1 Å². The summed E-state index contributed by atoms with van der Waals surface area (Å²) in [6.07, 6.45) is 0.450. The Morgan fingerprint density at radius 1 is 1.19 bits per heavy atom. The van der Waals surface area contributed by atoms with Gasteiger partial charge in [0.1, 0.15) is 17.1 Å². The number of hydrogen-bond acceptors (Lipinski definition) is 5. The van der Waals surface area contributed by atoms with Gasteiger partial charge in [-0.15, -0.1) is 0 Å². The molecule has 2 aliphatic rings. The lowest BCUT2D eigenvalue weighted by atomic mass is 9.81. The Kier molecular flexibility index (Phi) is 6.00. The van der Waals surface area contributed by atoms with Crippen LogP contribution < -0.4 is 10.1 Å². The molecule has 2 heterocycles. The highest BCUT2D eigenvalue weighted by atomic mass is 16.6. The predicted octanol–water partition coefficient (Wildman–Crippen LogP) is 4.06. The summed E-state index contributed by atoms with van der Waals surface area (Å²) < 4.78 is 11.7. The lowest BCUT2D eigenvalue weighted by Crippen LogP contribution is -2.46. The van der Waals surface area contributed by atoms with Crippen LogP contribution >= 0.6 is 0 Å². The van der Waals surface area contributed by atoms with E-state index in [0.717, 1.165) is 17.5 Å². The van der Waals surface area contributed by atoms with Gasteiger partial charge in [0.25, 0.3) is 5.91 Å². The van der Waals surface area contributed by atoms with Gasteiger partial charge in [0, 0.05) is 31.1 Å². The number of amides is 2. The van der Waals surface area contributed by atoms with Crippen molar-refractivity contribution in [3.63, 3.8) is 0 Å². The summed E-state index contributed by atoms with van der Waals surface area (Å²) in [4.78, 5) is 26.4. The van der Waals surface area contributed by atoms with Crippen molar-refractivity contribution in [2.24, 2.45) is 5.92 Å². The van der Waals surface area contributed by atoms with Crippen molar-refractivity contribution in [1.29, 1.82) is 0 Å². The molecule has 32 heavy (non-hydrogen) atoms. The predicted molar refractivity (Wildman–Crippen MR) is 120 cm³/mol. The molecule has 1 saturated heterocycles. The summed E-state index contributed by atoms with van der Waals surface area (Å²) in [5.74, 6) is 0.986. The number of carbonyl (C=O) groups excluding carboxylic acids is 2. The molecule has 2 aliphatic heterocycles. The summed E-state index contributed by atoms with van der Waals surface area (Å²) in [6.45, 7) is 7.62. The minimum absolute atomic E-state index is 0.0305. The normalized spacial score (nSPS) is 20.5. The maximum atomic E-state index is 12.7. The molecule has 7 nitrogen and oxygen atoms in total. The van der Waals surface area contributed by atoms with Gasteiger partial charge in [-0.3, -0.25) is 4.79 Å². The Balaban J connectivity index is 1.50. The lowest BCUT2D eigenvalue weighted by Gasteiger charge is -2.39. The van der Waals surface area contributed by atoms with Gasteiger partial charge in [0.2, 0.25) is 0 Å². The number of piperidine rings is 1. The SMILES string of the molecule is CC(C)(C)OC(=O)N1CC[C@@H](c2ccc(O)cc2)[C@H](COc2ccc3c(c2)C(=O)NC3)C1. The largest absolute Gasteiger partial charge is 0.508 e. The number of carbonyl (C=O) groups is 2. The summed E-state index contributed by atoms with van der Waals surface area (Å²) >= 11 is 0. The van der Waals surface area contributed by atoms with Crippen LogP contribution in [-0.4, -0.2) is 47.3 Å². The summed E-state index contributed by atoms with van der Waals surface area (Å²) in [5.41, 5.74) is 2.17. The molecule has 1 fully saturated rings. The van der Waals surface area contributed by atoms with Crippen LogP contribution in [0.3, 0.4) is 0 Å². The number of ether oxygens (including phenoxy) is 2. The average molecular weight is 439 g/mol. The van der Waals surface area contributed by atoms with E-state index in [9.17, 15) is 14.7 Å². The van der Waals surface area contributed by atoms with Crippen LogP contribution in [0, 0.1) is 5.92 Å². The molecule has 7 heteroatoms. The van der Waals surface area contributed by atoms with Crippen molar-refractivity contribution in [2.45, 2.75) is 45.3 Å². The van der Waals surface area contributed by atoms with Crippen molar-refractivity contribution < 1.29 is 24.2 Å². The highest BCUT2D eigenvalue weighted by Gasteiger charge is 2.35. The van der Waals surface area contributed by atoms with Gasteiger partial charge in [-0.2, -0.15) is 0 Å². The molecule has 0 radical (unpaired) electrons. The van der Waals surface area contributed by atoms with Gasteiger partial charge in [-0.25, -0.2) is 4.79 Å². The number of likely N-dealkylation sites (tertiary alicyclic amines) is 1. The second-order valence-corrected chi connectivity index (χ2v) is 9.49. The zero-order chi connectivity index (χ0) is 22.9. The maximum Gasteiger partial charge on any atom is 0.410 e. The van der Waals surface area contributed by atoms with Crippen molar-refractivity contribution in [2.75, 3.05) is 19.7 Å². The third-order valence-electron chi connectivity index (χ3n) is 5.94. The van der Waals surface area contributed by atoms with Crippen LogP contribution in [-0.2, 0) is 11.3 Å².